The van der Waals surface area contributed by atoms with Gasteiger partial charge in [-0.3, -0.25) is 9.48 Å². The Kier molecular flexibility index (Phi) is 5.94. The molecule has 0 aliphatic heterocycles. The summed E-state index contributed by atoms with van der Waals surface area (Å²) in [5.74, 6) is 1.16. The van der Waals surface area contributed by atoms with Crippen molar-refractivity contribution in [3.05, 3.63) is 82.6 Å². The monoisotopic (exact) mass is 382 g/mol. The molecule has 0 saturated heterocycles. The third kappa shape index (κ3) is 4.77. The highest BCUT2D eigenvalue weighted by Crippen LogP contribution is 2.27. The molecule has 2 aromatic carbocycles. The van der Waals surface area contributed by atoms with Gasteiger partial charge in [-0.15, -0.1) is 0 Å². The lowest BCUT2D eigenvalue weighted by Crippen LogP contribution is -2.00. The maximum atomic E-state index is 12.2. The Balaban J connectivity index is 1.75. The maximum absolute atomic E-state index is 12.2. The number of rotatable bonds is 7. The van der Waals surface area contributed by atoms with E-state index in [4.69, 9.17) is 21.1 Å². The van der Waals surface area contributed by atoms with Gasteiger partial charge in [0.1, 0.15) is 23.8 Å². The number of ketones is 1. The molecule has 1 heterocycles. The molecule has 0 spiro atoms. The molecule has 1 aromatic heterocycles. The van der Waals surface area contributed by atoms with E-state index in [1.165, 1.54) is 6.08 Å². The summed E-state index contributed by atoms with van der Waals surface area (Å²) in [4.78, 5) is 12.2. The quantitative estimate of drug-likeness (QED) is 0.444. The zero-order valence-corrected chi connectivity index (χ0v) is 15.8. The van der Waals surface area contributed by atoms with Crippen molar-refractivity contribution < 1.29 is 14.3 Å². The van der Waals surface area contributed by atoms with Crippen LogP contribution in [0.2, 0.25) is 5.02 Å². The minimum Gasteiger partial charge on any atom is -0.496 e. The summed E-state index contributed by atoms with van der Waals surface area (Å²) in [6.45, 7) is 0.294. The van der Waals surface area contributed by atoms with Gasteiger partial charge in [-0.25, -0.2) is 0 Å². The van der Waals surface area contributed by atoms with Crippen molar-refractivity contribution in [3.8, 4) is 11.5 Å². The van der Waals surface area contributed by atoms with Crippen LogP contribution in [0.25, 0.3) is 6.08 Å². The molecule has 0 saturated carbocycles. The fourth-order valence-electron chi connectivity index (χ4n) is 2.54. The zero-order chi connectivity index (χ0) is 19.2. The second-order valence-electron chi connectivity index (χ2n) is 5.86. The van der Waals surface area contributed by atoms with Crippen LogP contribution in [0.1, 0.15) is 21.6 Å². The summed E-state index contributed by atoms with van der Waals surface area (Å²) in [5, 5.41) is 4.65. The Morgan fingerprint density at radius 1 is 1.19 bits per heavy atom. The molecule has 138 valence electrons. The predicted molar refractivity (Wildman–Crippen MR) is 105 cm³/mol. The fraction of sp³-hybridized carbons (Fsp3) is 0.143. The highest BCUT2D eigenvalue weighted by Gasteiger charge is 2.08. The Labute approximate surface area is 162 Å². The average Bonchev–Trinajstić information content (AvgIpc) is 3.12. The molecule has 0 radical (unpaired) electrons. The maximum Gasteiger partial charge on any atom is 0.206 e. The Bertz CT molecular complexity index is 979. The first kappa shape index (κ1) is 18.7. The zero-order valence-electron chi connectivity index (χ0n) is 15.1. The van der Waals surface area contributed by atoms with Crippen molar-refractivity contribution in [2.24, 2.45) is 7.05 Å². The number of halogens is 1. The molecular weight excluding hydrogens is 364 g/mol. The van der Waals surface area contributed by atoms with E-state index in [1.807, 2.05) is 36.4 Å². The van der Waals surface area contributed by atoms with Gasteiger partial charge in [0.15, 0.2) is 0 Å². The molecule has 0 aliphatic carbocycles. The van der Waals surface area contributed by atoms with Crippen LogP contribution in [0.4, 0.5) is 0 Å². The number of benzene rings is 2. The average molecular weight is 383 g/mol. The summed E-state index contributed by atoms with van der Waals surface area (Å²) < 4.78 is 12.8. The molecule has 3 aromatic rings. The molecule has 0 fully saturated rings. The van der Waals surface area contributed by atoms with E-state index in [-0.39, 0.29) is 5.78 Å². The normalized spacial score (nSPS) is 10.9. The Morgan fingerprint density at radius 2 is 2.00 bits per heavy atom. The van der Waals surface area contributed by atoms with Crippen LogP contribution in [0.3, 0.4) is 0 Å². The van der Waals surface area contributed by atoms with Crippen LogP contribution in [0.15, 0.2) is 60.8 Å². The number of hydrogen-bond acceptors (Lipinski definition) is 4. The molecule has 0 unspecified atom stereocenters. The number of aromatic nitrogens is 2. The number of methoxy groups -OCH3 is 1. The summed E-state index contributed by atoms with van der Waals surface area (Å²) in [7, 11) is 3.38. The minimum absolute atomic E-state index is 0.153. The summed E-state index contributed by atoms with van der Waals surface area (Å²) in [6, 6.07) is 14.6. The number of carbonyl (C=O) groups excluding carboxylic acids is 1. The first-order valence-electron chi connectivity index (χ1n) is 8.33. The first-order chi connectivity index (χ1) is 13.1. The van der Waals surface area contributed by atoms with Crippen molar-refractivity contribution in [1.29, 1.82) is 0 Å². The number of carbonyl (C=O) groups is 1. The molecule has 27 heavy (non-hydrogen) atoms. The van der Waals surface area contributed by atoms with Crippen LogP contribution < -0.4 is 9.47 Å². The standard InChI is InChI=1S/C21H19ClN2O3/c1-24-12-11-18(23-24)19(25)9-7-15-8-10-20(26-2)16(13-15)14-27-21-6-4-3-5-17(21)22/h3-13H,14H2,1-2H3/b9-7+. The number of allylic oxidation sites excluding steroid dienone is 1. The fourth-order valence-corrected chi connectivity index (χ4v) is 2.73. The van der Waals surface area contributed by atoms with Gasteiger partial charge in [0.05, 0.1) is 12.1 Å². The van der Waals surface area contributed by atoms with Crippen LogP contribution in [0.5, 0.6) is 11.5 Å². The van der Waals surface area contributed by atoms with Gasteiger partial charge in [0, 0.05) is 18.8 Å². The van der Waals surface area contributed by atoms with Gasteiger partial charge in [-0.1, -0.05) is 35.9 Å². The third-order valence-electron chi connectivity index (χ3n) is 3.92. The van der Waals surface area contributed by atoms with Crippen molar-refractivity contribution >= 4 is 23.5 Å². The topological polar surface area (TPSA) is 53.4 Å². The Hall–Kier alpha value is -3.05. The van der Waals surface area contributed by atoms with Crippen LogP contribution in [0, 0.1) is 0 Å². The summed E-state index contributed by atoms with van der Waals surface area (Å²) in [5.41, 5.74) is 2.12. The largest absolute Gasteiger partial charge is 0.496 e. The molecular formula is C21H19ClN2O3. The second kappa shape index (κ2) is 8.56. The van der Waals surface area contributed by atoms with Crippen molar-refractivity contribution in [2.45, 2.75) is 6.61 Å². The van der Waals surface area contributed by atoms with E-state index >= 15 is 0 Å². The van der Waals surface area contributed by atoms with Crippen molar-refractivity contribution in [1.82, 2.24) is 9.78 Å². The molecule has 0 bridgehead atoms. The van der Waals surface area contributed by atoms with E-state index in [0.29, 0.717) is 28.8 Å². The lowest BCUT2D eigenvalue weighted by molar-refractivity contribution is 0.104. The van der Waals surface area contributed by atoms with Gasteiger partial charge >= 0.3 is 0 Å². The SMILES string of the molecule is COc1ccc(/C=C/C(=O)c2ccn(C)n2)cc1COc1ccccc1Cl. The summed E-state index contributed by atoms with van der Waals surface area (Å²) >= 11 is 6.13. The summed E-state index contributed by atoms with van der Waals surface area (Å²) in [6.07, 6.45) is 4.98. The molecule has 5 nitrogen and oxygen atoms in total. The smallest absolute Gasteiger partial charge is 0.206 e. The van der Waals surface area contributed by atoms with Gasteiger partial charge in [-0.05, 0) is 42.0 Å². The molecule has 6 heteroatoms. The van der Waals surface area contributed by atoms with Crippen LogP contribution in [-0.4, -0.2) is 22.7 Å². The molecule has 3 rings (SSSR count). The van der Waals surface area contributed by atoms with E-state index < -0.39 is 0 Å². The van der Waals surface area contributed by atoms with Crippen LogP contribution >= 0.6 is 11.6 Å². The minimum atomic E-state index is -0.153. The van der Waals surface area contributed by atoms with E-state index in [0.717, 1.165) is 11.1 Å². The Morgan fingerprint density at radius 3 is 2.70 bits per heavy atom. The highest BCUT2D eigenvalue weighted by atomic mass is 35.5. The van der Waals surface area contributed by atoms with Gasteiger partial charge in [-0.2, -0.15) is 5.10 Å². The van der Waals surface area contributed by atoms with Crippen molar-refractivity contribution in [3.63, 3.8) is 0 Å². The molecule has 0 N–H and O–H groups in total. The highest BCUT2D eigenvalue weighted by molar-refractivity contribution is 6.32. The molecule has 0 atom stereocenters. The van der Waals surface area contributed by atoms with Gasteiger partial charge < -0.3 is 9.47 Å². The van der Waals surface area contributed by atoms with Gasteiger partial charge in [0.25, 0.3) is 0 Å². The predicted octanol–water partition coefficient (Wildman–Crippen LogP) is 4.56. The molecule has 0 amide bonds. The number of nitrogens with zero attached hydrogens (tertiary/aromatic N) is 2. The van der Waals surface area contributed by atoms with Crippen LogP contribution in [-0.2, 0) is 13.7 Å². The lowest BCUT2D eigenvalue weighted by Gasteiger charge is -2.12. The lowest BCUT2D eigenvalue weighted by atomic mass is 10.1. The van der Waals surface area contributed by atoms with E-state index in [2.05, 4.69) is 5.10 Å². The number of aryl methyl sites for hydroxylation is 1. The third-order valence-corrected chi connectivity index (χ3v) is 4.23. The van der Waals surface area contributed by atoms with E-state index in [1.54, 1.807) is 43.2 Å². The van der Waals surface area contributed by atoms with Crippen molar-refractivity contribution in [2.75, 3.05) is 7.11 Å². The second-order valence-corrected chi connectivity index (χ2v) is 6.27. The van der Waals surface area contributed by atoms with E-state index in [9.17, 15) is 4.79 Å². The number of ether oxygens (including phenoxy) is 2. The molecule has 0 aliphatic rings. The van der Waals surface area contributed by atoms with Gasteiger partial charge in [0.2, 0.25) is 5.78 Å². The number of para-hydroxylation sites is 1. The number of hydrogen-bond donors (Lipinski definition) is 0. The first-order valence-corrected chi connectivity index (χ1v) is 8.71.